The second-order valence-corrected chi connectivity index (χ2v) is 34.7. The summed E-state index contributed by atoms with van der Waals surface area (Å²) >= 11 is 0. The second-order valence-electron chi connectivity index (χ2n) is 34.7. The normalized spacial score (nSPS) is 20.0. The minimum Gasteiger partial charge on any atom is -0.456 e. The Morgan fingerprint density at radius 3 is 0.618 bits per heavy atom. The van der Waals surface area contributed by atoms with Crippen LogP contribution in [0.2, 0.25) is 0 Å². The number of carbonyl (C=O) groups is 8. The Labute approximate surface area is 668 Å². The van der Waals surface area contributed by atoms with Crippen LogP contribution < -0.4 is 0 Å². The first-order chi connectivity index (χ1) is 51.4. The van der Waals surface area contributed by atoms with Crippen LogP contribution in [0.3, 0.4) is 0 Å². The van der Waals surface area contributed by atoms with Gasteiger partial charge in [-0.2, -0.15) is 0 Å². The molecule has 8 rings (SSSR count). The highest BCUT2D eigenvalue weighted by Gasteiger charge is 2.43. The van der Waals surface area contributed by atoms with Gasteiger partial charge in [0.1, 0.15) is 44.8 Å². The summed E-state index contributed by atoms with van der Waals surface area (Å²) in [5.41, 5.74) is 2.42. The van der Waals surface area contributed by atoms with Crippen molar-refractivity contribution in [1.82, 2.24) is 0 Å². The molecule has 0 aromatic rings. The monoisotopic (exact) mass is 1540 g/mol. The average molecular weight is 1540 g/mol. The van der Waals surface area contributed by atoms with Gasteiger partial charge in [-0.3, -0.25) is 0 Å². The summed E-state index contributed by atoms with van der Waals surface area (Å²) in [6, 6.07) is 0. The molecule has 8 aliphatic rings. The van der Waals surface area contributed by atoms with E-state index >= 15 is 0 Å². The predicted molar refractivity (Wildman–Crippen MR) is 447 cm³/mol. The summed E-state index contributed by atoms with van der Waals surface area (Å²) in [5.74, 6) is -1.08. The van der Waals surface area contributed by atoms with Gasteiger partial charge in [0.15, 0.2) is 0 Å². The Hall–Kier alpha value is -6.32. The van der Waals surface area contributed by atoms with Crippen molar-refractivity contribution < 1.29 is 76.3 Å². The third-order valence-corrected chi connectivity index (χ3v) is 23.4. The Morgan fingerprint density at radius 1 is 0.245 bits per heavy atom. The van der Waals surface area contributed by atoms with Crippen molar-refractivity contribution in [2.45, 2.75) is 439 Å². The van der Waals surface area contributed by atoms with E-state index in [9.17, 15) is 38.4 Å². The highest BCUT2D eigenvalue weighted by molar-refractivity contribution is 5.90. The van der Waals surface area contributed by atoms with Gasteiger partial charge in [-0.15, -0.1) is 0 Å². The maximum Gasteiger partial charge on any atom is 0.333 e. The van der Waals surface area contributed by atoms with Crippen molar-refractivity contribution in [3.8, 4) is 0 Å². The number of ether oxygens (including phenoxy) is 8. The van der Waals surface area contributed by atoms with Crippen LogP contribution in [0.4, 0.5) is 0 Å². The van der Waals surface area contributed by atoms with Gasteiger partial charge in [0, 0.05) is 44.6 Å². The summed E-state index contributed by atoms with van der Waals surface area (Å²) in [4.78, 5) is 91.4. The topological polar surface area (TPSA) is 210 Å². The van der Waals surface area contributed by atoms with Crippen LogP contribution in [0.5, 0.6) is 0 Å². The molecule has 628 valence electrons. The highest BCUT2D eigenvalue weighted by Crippen LogP contribution is 2.43. The molecule has 0 N–H and O–H groups in total. The van der Waals surface area contributed by atoms with Crippen LogP contribution in [0.25, 0.3) is 0 Å². The van der Waals surface area contributed by atoms with Gasteiger partial charge in [0.25, 0.3) is 0 Å². The van der Waals surface area contributed by atoms with Crippen LogP contribution >= 0.6 is 0 Å². The van der Waals surface area contributed by atoms with Crippen molar-refractivity contribution in [2.24, 2.45) is 11.8 Å². The molecule has 0 saturated heterocycles. The van der Waals surface area contributed by atoms with E-state index in [1.165, 1.54) is 128 Å². The van der Waals surface area contributed by atoms with Gasteiger partial charge >= 0.3 is 47.8 Å². The lowest BCUT2D eigenvalue weighted by Crippen LogP contribution is -2.42. The van der Waals surface area contributed by atoms with E-state index in [0.29, 0.717) is 56.4 Å². The van der Waals surface area contributed by atoms with Crippen molar-refractivity contribution >= 4 is 47.8 Å². The summed E-state index contributed by atoms with van der Waals surface area (Å²) in [5, 5.41) is 0. The molecule has 0 heterocycles. The van der Waals surface area contributed by atoms with Crippen LogP contribution in [-0.2, 0) is 76.3 Å². The van der Waals surface area contributed by atoms with E-state index in [0.717, 1.165) is 141 Å². The third-order valence-electron chi connectivity index (χ3n) is 23.4. The molecule has 0 amide bonds. The molecule has 0 aromatic carbocycles. The molecule has 8 fully saturated rings. The molecule has 0 aliphatic heterocycles. The van der Waals surface area contributed by atoms with Gasteiger partial charge in [0.2, 0.25) is 0 Å². The number of rotatable bonds is 24. The van der Waals surface area contributed by atoms with Gasteiger partial charge < -0.3 is 37.9 Å². The third kappa shape index (κ3) is 36.7. The first-order valence-electron chi connectivity index (χ1n) is 42.5. The molecule has 8 aliphatic carbocycles. The Bertz CT molecular complexity index is 2960. The van der Waals surface area contributed by atoms with Crippen LogP contribution in [0, 0.1) is 11.8 Å². The summed E-state index contributed by atoms with van der Waals surface area (Å²) in [6.45, 7) is 63.4. The van der Waals surface area contributed by atoms with E-state index in [1.807, 2.05) is 13.8 Å². The average Bonchev–Trinajstić information content (AvgIpc) is 1.22. The first kappa shape index (κ1) is 102. The van der Waals surface area contributed by atoms with E-state index < -0.39 is 0 Å². The minimum atomic E-state index is -0.251. The molecule has 8 saturated carbocycles. The molecular weight excluding hydrogens is 1390 g/mol. The standard InChI is InChI=1S/2C13H22O2.3C12H20O2.2C11H18O2.C10H16O2/c1-10(2)12(14)15-13(11(3)4)8-6-5-7-9-13;1-4-8-13(9-6-5-7-10-13)15-12(14)11(2)3;1-9(2)11(13)14-12(10(3)4)7-5-6-8-12;1-4-12(8-6-5-7-9-12)14-11(13)10(2)3;1-4-7-12(8-5-6-9-12)14-11(13)10(2)3;1-9(2)10(12)13-11(3)7-5-4-6-8-11;1-4-11(7-5-6-8-11)13-10(12)9(2)3;1-8(2)9(11)12-10(3)6-4-5-7-10/h11H,1,5-9H2,2-4H3;2,4-10H2,1,3H3;10H,1,5-8H2,2-4H3;2*2,4-9H2,1,3H3;1,4-8H2,2-3H3;2,4-8H2,1,3H3;1,4-7H2,2-3H3. The lowest BCUT2D eigenvalue weighted by atomic mass is 9.77. The lowest BCUT2D eigenvalue weighted by molar-refractivity contribution is -0.165. The van der Waals surface area contributed by atoms with Crippen LogP contribution in [0.15, 0.2) is 97.2 Å². The molecule has 0 bridgehead atoms. The van der Waals surface area contributed by atoms with E-state index in [2.05, 4.69) is 108 Å². The van der Waals surface area contributed by atoms with Crippen molar-refractivity contribution in [3.05, 3.63) is 97.2 Å². The fraction of sp³-hybridized carbons (Fsp3) is 0.745. The molecule has 0 aromatic heterocycles. The van der Waals surface area contributed by atoms with Crippen molar-refractivity contribution in [2.75, 3.05) is 0 Å². The fourth-order valence-electron chi connectivity index (χ4n) is 15.8. The maximum absolute atomic E-state index is 11.6. The molecule has 110 heavy (non-hydrogen) atoms. The van der Waals surface area contributed by atoms with Gasteiger partial charge in [0.05, 0.1) is 0 Å². The molecular formula is C94H156O16. The zero-order valence-electron chi connectivity index (χ0n) is 73.0. The van der Waals surface area contributed by atoms with Gasteiger partial charge in [-0.1, -0.05) is 147 Å². The quantitative estimate of drug-likeness (QED) is 0.0500. The fourth-order valence-corrected chi connectivity index (χ4v) is 15.8. The number of carbonyl (C=O) groups excluding carboxylic acids is 8. The number of hydrogen-bond donors (Lipinski definition) is 0. The summed E-state index contributed by atoms with van der Waals surface area (Å²) in [6.07, 6.45) is 46.0. The van der Waals surface area contributed by atoms with Gasteiger partial charge in [-0.05, 0) is 312 Å². The number of hydrogen-bond acceptors (Lipinski definition) is 16. The minimum absolute atomic E-state index is 0.162. The van der Waals surface area contributed by atoms with Crippen LogP contribution in [0.1, 0.15) is 394 Å². The molecule has 0 atom stereocenters. The second kappa shape index (κ2) is 50.0. The summed E-state index contributed by atoms with van der Waals surface area (Å²) < 4.78 is 44.2. The lowest BCUT2D eigenvalue weighted by Gasteiger charge is -2.40. The van der Waals surface area contributed by atoms with E-state index in [-0.39, 0.29) is 92.6 Å². The van der Waals surface area contributed by atoms with E-state index in [1.54, 1.807) is 55.4 Å². The Kier molecular flexibility index (Phi) is 46.2. The Morgan fingerprint density at radius 2 is 0.409 bits per heavy atom. The maximum atomic E-state index is 11.6. The van der Waals surface area contributed by atoms with Crippen molar-refractivity contribution in [3.63, 3.8) is 0 Å². The molecule has 0 unspecified atom stereocenters. The zero-order valence-corrected chi connectivity index (χ0v) is 73.0. The smallest absolute Gasteiger partial charge is 0.333 e. The number of esters is 8. The Balaban J connectivity index is 0.000000629. The molecule has 0 spiro atoms. The van der Waals surface area contributed by atoms with Crippen LogP contribution in [-0.4, -0.2) is 92.6 Å². The molecule has 0 radical (unpaired) electrons. The molecule has 16 heteroatoms. The van der Waals surface area contributed by atoms with Gasteiger partial charge in [-0.25, -0.2) is 38.4 Å². The van der Waals surface area contributed by atoms with E-state index in [4.69, 9.17) is 37.9 Å². The predicted octanol–water partition coefficient (Wildman–Crippen LogP) is 24.7. The largest absolute Gasteiger partial charge is 0.456 e. The molecule has 16 nitrogen and oxygen atoms in total. The van der Waals surface area contributed by atoms with Crippen molar-refractivity contribution in [1.29, 1.82) is 0 Å². The first-order valence-corrected chi connectivity index (χ1v) is 42.5. The SMILES string of the molecule is C=C(C)C(=O)OC1(C(C)C)CCCC1.C=C(C)C(=O)OC1(C(C)C)CCCCC1.C=C(C)C(=O)OC1(C)CCCC1.C=C(C)C(=O)OC1(C)CCCCC1.C=C(C)C(=O)OC1(CC)CCCC1.C=C(C)C(=O)OC1(CC)CCCCC1.C=C(C)C(=O)OC1(CCC)CCCC1.C=C(C)C(=O)OC1(CCC)CCCCC1. The summed E-state index contributed by atoms with van der Waals surface area (Å²) in [7, 11) is 0. The zero-order chi connectivity index (χ0) is 83.7. The highest BCUT2D eigenvalue weighted by atomic mass is 16.6.